The Morgan fingerprint density at radius 3 is 2.48 bits per heavy atom. The second kappa shape index (κ2) is 6.00. The van der Waals surface area contributed by atoms with Crippen LogP contribution in [-0.4, -0.2) is 19.9 Å². The number of carbonyl (C=O) groups is 1. The molecule has 0 N–H and O–H groups in total. The molecule has 1 aromatic heterocycles. The van der Waals surface area contributed by atoms with E-state index in [2.05, 4.69) is 4.18 Å². The number of carbonyl (C=O) groups excluding carboxylic acids is 1. The number of esters is 1. The Morgan fingerprint density at radius 2 is 1.96 bits per heavy atom. The van der Waals surface area contributed by atoms with Gasteiger partial charge in [-0.2, -0.15) is 21.6 Å². The highest BCUT2D eigenvalue weighted by atomic mass is 32.2. The van der Waals surface area contributed by atoms with Crippen LogP contribution < -0.4 is 8.92 Å². The largest absolute Gasteiger partial charge is 0.534 e. The molecule has 0 aliphatic heterocycles. The van der Waals surface area contributed by atoms with Crippen molar-refractivity contribution < 1.29 is 35.3 Å². The van der Waals surface area contributed by atoms with Gasteiger partial charge in [0, 0.05) is 21.9 Å². The molecular formula is C13H11F3O5S2. The predicted octanol–water partition coefficient (Wildman–Crippen LogP) is 3.62. The smallest absolute Gasteiger partial charge is 0.425 e. The molecule has 23 heavy (non-hydrogen) atoms. The Kier molecular flexibility index (Phi) is 4.58. The van der Waals surface area contributed by atoms with Gasteiger partial charge < -0.3 is 8.92 Å². The van der Waals surface area contributed by atoms with Crippen LogP contribution in [0.15, 0.2) is 18.2 Å². The van der Waals surface area contributed by atoms with Crippen LogP contribution in [0.25, 0.3) is 10.1 Å². The molecule has 0 saturated heterocycles. The second-order valence-corrected chi connectivity index (χ2v) is 7.12. The Labute approximate surface area is 133 Å². The first-order valence-electron chi connectivity index (χ1n) is 6.29. The van der Waals surface area contributed by atoms with E-state index in [1.54, 1.807) is 0 Å². The zero-order valence-corrected chi connectivity index (χ0v) is 13.6. The average Bonchev–Trinajstić information content (AvgIpc) is 2.73. The number of halogens is 3. The van der Waals surface area contributed by atoms with E-state index in [1.165, 1.54) is 24.3 Å². The summed E-state index contributed by atoms with van der Waals surface area (Å²) in [7, 11) is -5.73. The number of aryl methyl sites for hydroxylation is 1. The van der Waals surface area contributed by atoms with Crippen molar-refractivity contribution in [3.8, 4) is 11.5 Å². The average molecular weight is 368 g/mol. The van der Waals surface area contributed by atoms with Crippen molar-refractivity contribution in [3.63, 3.8) is 0 Å². The molecule has 0 radical (unpaired) electrons. The van der Waals surface area contributed by atoms with Gasteiger partial charge in [0.15, 0.2) is 5.75 Å². The molecule has 0 unspecified atom stereocenters. The SMILES string of the molecule is CCc1sc2cc(OS(=O)(=O)C(F)(F)F)ccc2c1OC(C)=O. The van der Waals surface area contributed by atoms with Crippen LogP contribution in [0.4, 0.5) is 13.2 Å². The van der Waals surface area contributed by atoms with Gasteiger partial charge in [0.2, 0.25) is 0 Å². The summed E-state index contributed by atoms with van der Waals surface area (Å²) in [6, 6.07) is 3.59. The second-order valence-electron chi connectivity index (χ2n) is 4.44. The van der Waals surface area contributed by atoms with E-state index >= 15 is 0 Å². The van der Waals surface area contributed by atoms with E-state index < -0.39 is 27.3 Å². The molecule has 0 spiro atoms. The first kappa shape index (κ1) is 17.5. The summed E-state index contributed by atoms with van der Waals surface area (Å²) in [5.41, 5.74) is -5.51. The number of fused-ring (bicyclic) bond motifs is 1. The van der Waals surface area contributed by atoms with E-state index in [4.69, 9.17) is 4.74 Å². The molecular weight excluding hydrogens is 357 g/mol. The van der Waals surface area contributed by atoms with Gasteiger partial charge in [0.1, 0.15) is 5.75 Å². The van der Waals surface area contributed by atoms with Crippen molar-refractivity contribution in [2.24, 2.45) is 0 Å². The molecule has 0 fully saturated rings. The normalized spacial score (nSPS) is 12.4. The van der Waals surface area contributed by atoms with Gasteiger partial charge in [0.25, 0.3) is 0 Å². The van der Waals surface area contributed by atoms with E-state index in [0.717, 1.165) is 12.1 Å². The third-order valence-corrected chi connectivity index (χ3v) is 5.00. The number of alkyl halides is 3. The molecule has 2 aromatic rings. The molecule has 1 aromatic carbocycles. The highest BCUT2D eigenvalue weighted by Crippen LogP contribution is 2.40. The lowest BCUT2D eigenvalue weighted by Gasteiger charge is -2.09. The molecule has 0 amide bonds. The molecule has 126 valence electrons. The van der Waals surface area contributed by atoms with E-state index in [0.29, 0.717) is 27.1 Å². The highest BCUT2D eigenvalue weighted by molar-refractivity contribution is 7.88. The molecule has 0 aliphatic rings. The van der Waals surface area contributed by atoms with Gasteiger partial charge in [-0.05, 0) is 24.6 Å². The fourth-order valence-electron chi connectivity index (χ4n) is 1.82. The summed E-state index contributed by atoms with van der Waals surface area (Å²) in [5.74, 6) is -0.669. The van der Waals surface area contributed by atoms with E-state index in [-0.39, 0.29) is 0 Å². The van der Waals surface area contributed by atoms with Crippen LogP contribution in [0.1, 0.15) is 18.7 Å². The van der Waals surface area contributed by atoms with Crippen molar-refractivity contribution in [2.75, 3.05) is 0 Å². The predicted molar refractivity (Wildman–Crippen MR) is 78.1 cm³/mol. The van der Waals surface area contributed by atoms with Gasteiger partial charge in [-0.15, -0.1) is 11.3 Å². The summed E-state index contributed by atoms with van der Waals surface area (Å²) in [4.78, 5) is 11.9. The maximum absolute atomic E-state index is 12.3. The Morgan fingerprint density at radius 1 is 1.30 bits per heavy atom. The molecule has 0 aliphatic carbocycles. The summed E-state index contributed by atoms with van der Waals surface area (Å²) < 4.78 is 68.7. The van der Waals surface area contributed by atoms with Crippen LogP contribution in [-0.2, 0) is 21.3 Å². The van der Waals surface area contributed by atoms with Gasteiger partial charge >= 0.3 is 21.6 Å². The van der Waals surface area contributed by atoms with Gasteiger partial charge in [-0.25, -0.2) is 0 Å². The zero-order valence-electron chi connectivity index (χ0n) is 11.9. The minimum Gasteiger partial charge on any atom is -0.425 e. The molecule has 5 nitrogen and oxygen atoms in total. The standard InChI is InChI=1S/C13H11F3O5S2/c1-3-10-12(20-7(2)17)9-5-4-8(6-11(9)22-10)21-23(18,19)13(14,15)16/h4-6H,3H2,1-2H3. The summed E-state index contributed by atoms with van der Waals surface area (Å²) in [6.45, 7) is 3.06. The highest BCUT2D eigenvalue weighted by Gasteiger charge is 2.48. The lowest BCUT2D eigenvalue weighted by molar-refractivity contribution is -0.131. The van der Waals surface area contributed by atoms with Crippen molar-refractivity contribution >= 4 is 37.5 Å². The van der Waals surface area contributed by atoms with E-state index in [1.807, 2.05) is 6.92 Å². The molecule has 1 heterocycles. The topological polar surface area (TPSA) is 69.7 Å². The third kappa shape index (κ3) is 3.58. The monoisotopic (exact) mass is 368 g/mol. The van der Waals surface area contributed by atoms with Crippen LogP contribution in [0.3, 0.4) is 0 Å². The Bertz CT molecular complexity index is 852. The first-order chi connectivity index (χ1) is 10.5. The number of hydrogen-bond donors (Lipinski definition) is 0. The van der Waals surface area contributed by atoms with Gasteiger partial charge in [-0.3, -0.25) is 4.79 Å². The van der Waals surface area contributed by atoms with Crippen molar-refractivity contribution in [2.45, 2.75) is 25.8 Å². The van der Waals surface area contributed by atoms with Crippen LogP contribution in [0.5, 0.6) is 11.5 Å². The molecule has 2 rings (SSSR count). The number of benzene rings is 1. The molecule has 0 saturated carbocycles. The number of rotatable bonds is 4. The maximum atomic E-state index is 12.3. The van der Waals surface area contributed by atoms with Crippen LogP contribution in [0, 0.1) is 0 Å². The van der Waals surface area contributed by atoms with Crippen molar-refractivity contribution in [1.82, 2.24) is 0 Å². The quantitative estimate of drug-likeness (QED) is 0.468. The number of hydrogen-bond acceptors (Lipinski definition) is 6. The first-order valence-corrected chi connectivity index (χ1v) is 8.52. The third-order valence-electron chi connectivity index (χ3n) is 2.74. The fraction of sp³-hybridized carbons (Fsp3) is 0.308. The fourth-order valence-corrected chi connectivity index (χ4v) is 3.37. The maximum Gasteiger partial charge on any atom is 0.534 e. The van der Waals surface area contributed by atoms with Crippen molar-refractivity contribution in [3.05, 3.63) is 23.1 Å². The molecule has 0 atom stereocenters. The van der Waals surface area contributed by atoms with Gasteiger partial charge in [0.05, 0.1) is 0 Å². The summed E-state index contributed by atoms with van der Waals surface area (Å²) >= 11 is 1.18. The lowest BCUT2D eigenvalue weighted by Crippen LogP contribution is -2.27. The summed E-state index contributed by atoms with van der Waals surface area (Å²) in [6.07, 6.45) is 0.541. The molecule has 0 bridgehead atoms. The zero-order chi connectivity index (χ0) is 17.4. The Hall–Kier alpha value is -1.81. The minimum atomic E-state index is -5.73. The van der Waals surface area contributed by atoms with Crippen LogP contribution >= 0.6 is 11.3 Å². The molecule has 10 heteroatoms. The lowest BCUT2D eigenvalue weighted by atomic mass is 10.2. The van der Waals surface area contributed by atoms with E-state index in [9.17, 15) is 26.4 Å². The Balaban J connectivity index is 2.46. The summed E-state index contributed by atoms with van der Waals surface area (Å²) in [5, 5.41) is 0.499. The van der Waals surface area contributed by atoms with Crippen molar-refractivity contribution in [1.29, 1.82) is 0 Å². The number of ether oxygens (including phenoxy) is 1. The van der Waals surface area contributed by atoms with Crippen LogP contribution in [0.2, 0.25) is 0 Å². The van der Waals surface area contributed by atoms with Gasteiger partial charge in [-0.1, -0.05) is 6.92 Å². The minimum absolute atomic E-state index is 0.324. The number of thiophene rings is 1.